The van der Waals surface area contributed by atoms with Crippen LogP contribution >= 0.6 is 0 Å². The van der Waals surface area contributed by atoms with E-state index in [0.717, 1.165) is 18.6 Å². The quantitative estimate of drug-likeness (QED) is 0.829. The Hall–Kier alpha value is -1.02. The van der Waals surface area contributed by atoms with Gasteiger partial charge in [0.25, 0.3) is 0 Å². The van der Waals surface area contributed by atoms with Gasteiger partial charge in [-0.3, -0.25) is 0 Å². The van der Waals surface area contributed by atoms with E-state index in [-0.39, 0.29) is 6.04 Å². The van der Waals surface area contributed by atoms with Gasteiger partial charge in [0.2, 0.25) is 0 Å². The van der Waals surface area contributed by atoms with Crippen LogP contribution in [0, 0.1) is 20.8 Å². The number of hydrogen-bond acceptors (Lipinski definition) is 2. The van der Waals surface area contributed by atoms with Gasteiger partial charge in [-0.15, -0.1) is 0 Å². The second kappa shape index (κ2) is 5.90. The van der Waals surface area contributed by atoms with Gasteiger partial charge in [0.15, 0.2) is 0 Å². The normalized spacial score (nSPS) is 12.6. The van der Waals surface area contributed by atoms with E-state index < -0.39 is 0 Å². The number of ether oxygens (including phenoxy) is 1. The molecule has 0 saturated carbocycles. The van der Waals surface area contributed by atoms with Crippen LogP contribution < -0.4 is 10.5 Å². The van der Waals surface area contributed by atoms with Crippen molar-refractivity contribution in [3.8, 4) is 5.75 Å². The minimum atomic E-state index is 0.256. The first-order valence-corrected chi connectivity index (χ1v) is 6.00. The van der Waals surface area contributed by atoms with Crippen molar-refractivity contribution >= 4 is 0 Å². The Labute approximate surface area is 98.8 Å². The van der Waals surface area contributed by atoms with E-state index in [4.69, 9.17) is 10.5 Å². The van der Waals surface area contributed by atoms with E-state index in [9.17, 15) is 0 Å². The van der Waals surface area contributed by atoms with Crippen molar-refractivity contribution in [2.45, 2.75) is 46.6 Å². The molecule has 1 rings (SSSR count). The molecule has 0 aliphatic carbocycles. The van der Waals surface area contributed by atoms with E-state index in [2.05, 4.69) is 39.8 Å². The van der Waals surface area contributed by atoms with Gasteiger partial charge in [-0.25, -0.2) is 0 Å². The Kier molecular flexibility index (Phi) is 4.81. The number of hydrogen-bond donors (Lipinski definition) is 1. The molecule has 0 radical (unpaired) electrons. The molecule has 0 heterocycles. The number of rotatable bonds is 5. The van der Waals surface area contributed by atoms with Crippen molar-refractivity contribution in [3.05, 3.63) is 28.8 Å². The molecule has 0 fully saturated rings. The maximum absolute atomic E-state index is 5.85. The third kappa shape index (κ3) is 3.53. The van der Waals surface area contributed by atoms with Crippen molar-refractivity contribution in [2.75, 3.05) is 6.61 Å². The van der Waals surface area contributed by atoms with Gasteiger partial charge in [0.1, 0.15) is 5.75 Å². The summed E-state index contributed by atoms with van der Waals surface area (Å²) in [6, 6.07) is 4.54. The smallest absolute Gasteiger partial charge is 0.122 e. The molecule has 16 heavy (non-hydrogen) atoms. The average Bonchev–Trinajstić information content (AvgIpc) is 2.25. The van der Waals surface area contributed by atoms with Crippen LogP contribution in [0.1, 0.15) is 36.5 Å². The molecule has 1 unspecified atom stereocenters. The Bertz CT molecular complexity index is 347. The molecule has 0 aromatic heterocycles. The highest BCUT2D eigenvalue weighted by Gasteiger charge is 2.04. The first-order chi connectivity index (χ1) is 7.54. The van der Waals surface area contributed by atoms with Gasteiger partial charge < -0.3 is 10.5 Å². The van der Waals surface area contributed by atoms with Crippen molar-refractivity contribution in [1.82, 2.24) is 0 Å². The van der Waals surface area contributed by atoms with E-state index in [0.29, 0.717) is 6.61 Å². The van der Waals surface area contributed by atoms with Crippen LogP contribution in [0.3, 0.4) is 0 Å². The molecule has 1 atom stereocenters. The molecular formula is C14H23NO. The fourth-order valence-corrected chi connectivity index (χ4v) is 1.61. The summed E-state index contributed by atoms with van der Waals surface area (Å²) in [5.41, 5.74) is 9.64. The predicted octanol–water partition coefficient (Wildman–Crippen LogP) is 3.12. The summed E-state index contributed by atoms with van der Waals surface area (Å²) in [5, 5.41) is 0. The second-order valence-corrected chi connectivity index (χ2v) is 4.51. The minimum Gasteiger partial charge on any atom is -0.493 e. The molecule has 0 bridgehead atoms. The zero-order valence-corrected chi connectivity index (χ0v) is 10.8. The standard InChI is InChI=1S/C14H23NO/c1-5-13(15)6-7-16-14-9-11(3)10(2)8-12(14)4/h8-9,13H,5-7,15H2,1-4H3. The van der Waals surface area contributed by atoms with E-state index >= 15 is 0 Å². The Morgan fingerprint density at radius 1 is 1.12 bits per heavy atom. The van der Waals surface area contributed by atoms with E-state index in [1.807, 2.05) is 0 Å². The summed E-state index contributed by atoms with van der Waals surface area (Å²) in [4.78, 5) is 0. The van der Waals surface area contributed by atoms with Crippen LogP contribution in [0.4, 0.5) is 0 Å². The monoisotopic (exact) mass is 221 g/mol. The first-order valence-electron chi connectivity index (χ1n) is 6.00. The molecule has 0 aliphatic heterocycles. The second-order valence-electron chi connectivity index (χ2n) is 4.51. The van der Waals surface area contributed by atoms with E-state index in [1.165, 1.54) is 16.7 Å². The Morgan fingerprint density at radius 2 is 1.75 bits per heavy atom. The fourth-order valence-electron chi connectivity index (χ4n) is 1.61. The summed E-state index contributed by atoms with van der Waals surface area (Å²) in [6.45, 7) is 9.13. The number of nitrogens with two attached hydrogens (primary N) is 1. The third-order valence-electron chi connectivity index (χ3n) is 3.06. The summed E-state index contributed by atoms with van der Waals surface area (Å²) in [7, 11) is 0. The third-order valence-corrected chi connectivity index (χ3v) is 3.06. The van der Waals surface area contributed by atoms with Gasteiger partial charge in [0.05, 0.1) is 6.61 Å². The van der Waals surface area contributed by atoms with Crippen molar-refractivity contribution in [2.24, 2.45) is 5.73 Å². The lowest BCUT2D eigenvalue weighted by Gasteiger charge is -2.13. The summed E-state index contributed by atoms with van der Waals surface area (Å²) >= 11 is 0. The highest BCUT2D eigenvalue weighted by Crippen LogP contribution is 2.22. The van der Waals surface area contributed by atoms with Crippen LogP contribution in [-0.2, 0) is 0 Å². The van der Waals surface area contributed by atoms with Crippen LogP contribution in [0.25, 0.3) is 0 Å². The Balaban J connectivity index is 2.57. The molecule has 0 spiro atoms. The van der Waals surface area contributed by atoms with Gasteiger partial charge in [0, 0.05) is 6.04 Å². The Morgan fingerprint density at radius 3 is 2.38 bits per heavy atom. The lowest BCUT2D eigenvalue weighted by atomic mass is 10.1. The summed E-state index contributed by atoms with van der Waals surface area (Å²) in [5.74, 6) is 0.992. The van der Waals surface area contributed by atoms with Gasteiger partial charge in [-0.1, -0.05) is 13.0 Å². The molecule has 1 aromatic carbocycles. The largest absolute Gasteiger partial charge is 0.493 e. The molecule has 1 aromatic rings. The van der Waals surface area contributed by atoms with Crippen LogP contribution in [0.15, 0.2) is 12.1 Å². The number of benzene rings is 1. The SMILES string of the molecule is CCC(N)CCOc1cc(C)c(C)cc1C. The molecule has 2 heteroatoms. The van der Waals surface area contributed by atoms with Crippen molar-refractivity contribution < 1.29 is 4.74 Å². The topological polar surface area (TPSA) is 35.2 Å². The molecule has 0 aliphatic rings. The zero-order valence-electron chi connectivity index (χ0n) is 10.8. The van der Waals surface area contributed by atoms with Crippen molar-refractivity contribution in [1.29, 1.82) is 0 Å². The molecular weight excluding hydrogens is 198 g/mol. The molecule has 90 valence electrons. The van der Waals surface area contributed by atoms with Gasteiger partial charge >= 0.3 is 0 Å². The maximum atomic E-state index is 5.85. The molecule has 2 N–H and O–H groups in total. The summed E-state index contributed by atoms with van der Waals surface area (Å²) < 4.78 is 5.77. The average molecular weight is 221 g/mol. The fraction of sp³-hybridized carbons (Fsp3) is 0.571. The minimum absolute atomic E-state index is 0.256. The van der Waals surface area contributed by atoms with Gasteiger partial charge in [-0.2, -0.15) is 0 Å². The lowest BCUT2D eigenvalue weighted by Crippen LogP contribution is -2.21. The molecule has 0 amide bonds. The van der Waals surface area contributed by atoms with Gasteiger partial charge in [-0.05, 0) is 56.4 Å². The predicted molar refractivity (Wildman–Crippen MR) is 69.0 cm³/mol. The number of aryl methyl sites for hydroxylation is 3. The highest BCUT2D eigenvalue weighted by molar-refractivity contribution is 5.40. The maximum Gasteiger partial charge on any atom is 0.122 e. The van der Waals surface area contributed by atoms with Crippen molar-refractivity contribution in [3.63, 3.8) is 0 Å². The van der Waals surface area contributed by atoms with Crippen LogP contribution in [-0.4, -0.2) is 12.6 Å². The highest BCUT2D eigenvalue weighted by atomic mass is 16.5. The van der Waals surface area contributed by atoms with Crippen LogP contribution in [0.2, 0.25) is 0 Å². The molecule has 0 saturated heterocycles. The van der Waals surface area contributed by atoms with Crippen LogP contribution in [0.5, 0.6) is 5.75 Å². The first kappa shape index (κ1) is 13.0. The lowest BCUT2D eigenvalue weighted by molar-refractivity contribution is 0.294. The summed E-state index contributed by atoms with van der Waals surface area (Å²) in [6.07, 6.45) is 1.93. The molecule has 2 nitrogen and oxygen atoms in total. The zero-order chi connectivity index (χ0) is 12.1. The van der Waals surface area contributed by atoms with E-state index in [1.54, 1.807) is 0 Å².